The highest BCUT2D eigenvalue weighted by atomic mass is 28.4. The highest BCUT2D eigenvalue weighted by Crippen LogP contribution is 2.46. The number of carbonyl (C=O) groups excluding carboxylic acids is 1. The lowest BCUT2D eigenvalue weighted by Crippen LogP contribution is -2.41. The van der Waals surface area contributed by atoms with Crippen molar-refractivity contribution in [3.8, 4) is 0 Å². The number of carbonyl (C=O) groups is 2. The van der Waals surface area contributed by atoms with E-state index in [-0.39, 0.29) is 16.9 Å². The molecule has 2 rings (SSSR count). The molecule has 5 nitrogen and oxygen atoms in total. The van der Waals surface area contributed by atoms with Gasteiger partial charge in [0.25, 0.3) is 0 Å². The summed E-state index contributed by atoms with van der Waals surface area (Å²) in [6.07, 6.45) is 5.72. The van der Waals surface area contributed by atoms with Crippen molar-refractivity contribution in [2.75, 3.05) is 13.7 Å². The minimum Gasteiger partial charge on any atom is -0.481 e. The molecule has 0 radical (unpaired) electrons. The van der Waals surface area contributed by atoms with Crippen molar-refractivity contribution < 1.29 is 23.9 Å². The Balaban J connectivity index is 2.10. The Morgan fingerprint density at radius 1 is 1.16 bits per heavy atom. The number of aliphatic carboxylic acids is 1. The van der Waals surface area contributed by atoms with E-state index in [1.54, 1.807) is 12.1 Å². The Kier molecular flexibility index (Phi) is 8.51. The molecule has 1 aromatic rings. The van der Waals surface area contributed by atoms with E-state index < -0.39 is 19.7 Å². The molecule has 1 aliphatic rings. The predicted octanol–water partition coefficient (Wildman–Crippen LogP) is 6.39. The molecule has 1 N–H and O–H groups in total. The lowest BCUT2D eigenvalue weighted by atomic mass is 9.72. The van der Waals surface area contributed by atoms with Gasteiger partial charge in [-0.1, -0.05) is 45.7 Å². The maximum Gasteiger partial charge on any atom is 0.337 e. The summed E-state index contributed by atoms with van der Waals surface area (Å²) < 4.78 is 11.1. The zero-order chi connectivity index (χ0) is 23.3. The third-order valence-corrected chi connectivity index (χ3v) is 12.0. The number of rotatable bonds is 8. The van der Waals surface area contributed by atoms with Crippen molar-refractivity contribution in [2.24, 2.45) is 5.41 Å². The number of carboxylic acid groups (broad SMARTS) is 1. The molecular formula is C25H40O5Si. The molecule has 1 saturated carbocycles. The lowest BCUT2D eigenvalue weighted by molar-refractivity contribution is -0.150. The summed E-state index contributed by atoms with van der Waals surface area (Å²) >= 11 is 0. The SMILES string of the molecule is COC(=O)c1ccc([C@H]2CCCC[C@@](CCCO[Si](C)(C)C(C)(C)C)(C(=O)O)C2)cc1. The molecule has 1 aliphatic carbocycles. The van der Waals surface area contributed by atoms with Crippen LogP contribution in [0.4, 0.5) is 0 Å². The Labute approximate surface area is 188 Å². The van der Waals surface area contributed by atoms with E-state index in [4.69, 9.17) is 9.16 Å². The monoisotopic (exact) mass is 448 g/mol. The highest BCUT2D eigenvalue weighted by molar-refractivity contribution is 6.74. The largest absolute Gasteiger partial charge is 0.481 e. The Bertz CT molecular complexity index is 750. The van der Waals surface area contributed by atoms with Gasteiger partial charge in [-0.3, -0.25) is 4.79 Å². The summed E-state index contributed by atoms with van der Waals surface area (Å²) in [6.45, 7) is 11.8. The maximum atomic E-state index is 12.4. The first-order chi connectivity index (χ1) is 14.4. The number of ether oxygens (including phenoxy) is 1. The third kappa shape index (κ3) is 6.42. The number of carboxylic acids is 1. The summed E-state index contributed by atoms with van der Waals surface area (Å²) in [5.41, 5.74) is 0.920. The van der Waals surface area contributed by atoms with Gasteiger partial charge in [-0.25, -0.2) is 4.79 Å². The first kappa shape index (κ1) is 25.6. The van der Waals surface area contributed by atoms with Crippen LogP contribution < -0.4 is 0 Å². The van der Waals surface area contributed by atoms with Crippen molar-refractivity contribution in [1.82, 2.24) is 0 Å². The van der Waals surface area contributed by atoms with Crippen LogP contribution in [0.1, 0.15) is 87.6 Å². The average molecular weight is 449 g/mol. The number of benzene rings is 1. The number of methoxy groups -OCH3 is 1. The quantitative estimate of drug-likeness (QED) is 0.216. The Morgan fingerprint density at radius 3 is 2.35 bits per heavy atom. The number of hydrogen-bond donors (Lipinski definition) is 1. The van der Waals surface area contributed by atoms with Crippen LogP contribution in [0.25, 0.3) is 0 Å². The van der Waals surface area contributed by atoms with Crippen molar-refractivity contribution in [3.63, 3.8) is 0 Å². The second-order valence-corrected chi connectivity index (χ2v) is 15.4. The molecule has 1 fully saturated rings. The molecule has 0 bridgehead atoms. The van der Waals surface area contributed by atoms with Crippen LogP contribution in [0, 0.1) is 5.41 Å². The second-order valence-electron chi connectivity index (χ2n) is 10.6. The zero-order valence-corrected chi connectivity index (χ0v) is 21.1. The molecule has 0 spiro atoms. The van der Waals surface area contributed by atoms with Crippen LogP contribution in [0.3, 0.4) is 0 Å². The first-order valence-electron chi connectivity index (χ1n) is 11.5. The molecule has 0 amide bonds. The van der Waals surface area contributed by atoms with Gasteiger partial charge in [0.2, 0.25) is 0 Å². The summed E-state index contributed by atoms with van der Waals surface area (Å²) in [6, 6.07) is 7.47. The first-order valence-corrected chi connectivity index (χ1v) is 14.4. The van der Waals surface area contributed by atoms with Crippen LogP contribution >= 0.6 is 0 Å². The van der Waals surface area contributed by atoms with Crippen LogP contribution in [0.5, 0.6) is 0 Å². The topological polar surface area (TPSA) is 72.8 Å². The van der Waals surface area contributed by atoms with Crippen molar-refractivity contribution >= 4 is 20.3 Å². The van der Waals surface area contributed by atoms with Crippen molar-refractivity contribution in [1.29, 1.82) is 0 Å². The fourth-order valence-corrected chi connectivity index (χ4v) is 5.39. The molecule has 0 heterocycles. The molecule has 31 heavy (non-hydrogen) atoms. The normalized spacial score (nSPS) is 22.6. The fraction of sp³-hybridized carbons (Fsp3) is 0.680. The van der Waals surface area contributed by atoms with Crippen LogP contribution in [0.15, 0.2) is 24.3 Å². The van der Waals surface area contributed by atoms with E-state index in [2.05, 4.69) is 33.9 Å². The van der Waals surface area contributed by atoms with Gasteiger partial charge in [0.15, 0.2) is 8.32 Å². The molecule has 0 unspecified atom stereocenters. The standard InChI is InChI=1S/C25H40O5Si/c1-24(2,3)31(5,6)30-17-9-16-25(23(27)28)15-8-7-10-21(18-25)19-11-13-20(14-12-19)22(26)29-4/h11-14,21H,7-10,15-18H2,1-6H3,(H,27,28)/t21-,25-/m0/s1. The van der Waals surface area contributed by atoms with Gasteiger partial charge in [0, 0.05) is 6.61 Å². The van der Waals surface area contributed by atoms with Crippen molar-refractivity contribution in [3.05, 3.63) is 35.4 Å². The van der Waals surface area contributed by atoms with Crippen LogP contribution in [-0.2, 0) is 14.0 Å². The minimum absolute atomic E-state index is 0.154. The van der Waals surface area contributed by atoms with E-state index in [1.165, 1.54) is 7.11 Å². The van der Waals surface area contributed by atoms with Crippen LogP contribution in [0.2, 0.25) is 18.1 Å². The molecule has 0 aromatic heterocycles. The predicted molar refractivity (Wildman–Crippen MR) is 126 cm³/mol. The summed E-state index contributed by atoms with van der Waals surface area (Å²) in [7, 11) is -0.450. The van der Waals surface area contributed by atoms with Crippen molar-refractivity contribution in [2.45, 2.75) is 89.8 Å². The summed E-state index contributed by atoms with van der Waals surface area (Å²) in [5.74, 6) is -0.849. The molecule has 6 heteroatoms. The van der Waals surface area contributed by atoms with E-state index in [0.29, 0.717) is 25.0 Å². The fourth-order valence-electron chi connectivity index (χ4n) is 4.31. The summed E-state index contributed by atoms with van der Waals surface area (Å²) in [5, 5.41) is 10.4. The third-order valence-electron chi connectivity index (χ3n) is 7.42. The van der Waals surface area contributed by atoms with Crippen LogP contribution in [-0.4, -0.2) is 39.1 Å². The number of esters is 1. The maximum absolute atomic E-state index is 12.4. The highest BCUT2D eigenvalue weighted by Gasteiger charge is 2.42. The lowest BCUT2D eigenvalue weighted by Gasteiger charge is -2.37. The molecule has 2 atom stereocenters. The van der Waals surface area contributed by atoms with Gasteiger partial charge in [-0.05, 0) is 73.9 Å². The van der Waals surface area contributed by atoms with Gasteiger partial charge in [0.1, 0.15) is 0 Å². The smallest absolute Gasteiger partial charge is 0.337 e. The minimum atomic E-state index is -1.82. The van der Waals surface area contributed by atoms with Gasteiger partial charge in [-0.15, -0.1) is 0 Å². The molecule has 1 aromatic carbocycles. The van der Waals surface area contributed by atoms with Gasteiger partial charge in [-0.2, -0.15) is 0 Å². The Hall–Kier alpha value is -1.66. The molecule has 0 aliphatic heterocycles. The number of hydrogen-bond acceptors (Lipinski definition) is 4. The average Bonchev–Trinajstić information content (AvgIpc) is 2.94. The second kappa shape index (κ2) is 10.3. The zero-order valence-electron chi connectivity index (χ0n) is 20.1. The van der Waals surface area contributed by atoms with Gasteiger partial charge < -0.3 is 14.3 Å². The van der Waals surface area contributed by atoms with E-state index in [1.807, 2.05) is 12.1 Å². The van der Waals surface area contributed by atoms with E-state index >= 15 is 0 Å². The Morgan fingerprint density at radius 2 is 1.81 bits per heavy atom. The van der Waals surface area contributed by atoms with E-state index in [0.717, 1.165) is 37.7 Å². The molecular weight excluding hydrogens is 408 g/mol. The summed E-state index contributed by atoms with van der Waals surface area (Å²) in [4.78, 5) is 24.2. The molecule has 174 valence electrons. The molecule has 0 saturated heterocycles. The van der Waals surface area contributed by atoms with Gasteiger partial charge >= 0.3 is 11.9 Å². The van der Waals surface area contributed by atoms with Gasteiger partial charge in [0.05, 0.1) is 18.1 Å². The van der Waals surface area contributed by atoms with E-state index in [9.17, 15) is 14.7 Å².